The number of carbonyl (C=O) groups is 2. The maximum Gasteiger partial charge on any atom is 0.243 e. The Balaban J connectivity index is 1.53. The standard InChI is InChI=1S/C20H21F2N3O2/c1-13-6-7-14-4-2-3-5-18(14)25(13)12-20(27)23-11-19(26)24-15-8-9-16(21)17(22)10-15/h2-5,8-10,13H,6-7,11-12H2,1H3,(H,23,27)(H,24,26)/t13-/m0/s1. The molecule has 27 heavy (non-hydrogen) atoms. The van der Waals surface area contributed by atoms with Gasteiger partial charge in [-0.05, 0) is 43.5 Å². The minimum absolute atomic E-state index is 0.131. The molecule has 1 aliphatic heterocycles. The summed E-state index contributed by atoms with van der Waals surface area (Å²) in [5, 5.41) is 4.99. The quantitative estimate of drug-likeness (QED) is 0.847. The van der Waals surface area contributed by atoms with E-state index in [2.05, 4.69) is 23.6 Å². The van der Waals surface area contributed by atoms with Gasteiger partial charge < -0.3 is 15.5 Å². The molecule has 142 valence electrons. The largest absolute Gasteiger partial charge is 0.359 e. The van der Waals surface area contributed by atoms with Gasteiger partial charge in [-0.3, -0.25) is 9.59 Å². The van der Waals surface area contributed by atoms with Crippen LogP contribution in [-0.2, 0) is 16.0 Å². The van der Waals surface area contributed by atoms with Gasteiger partial charge in [0, 0.05) is 23.5 Å². The highest BCUT2D eigenvalue weighted by molar-refractivity contribution is 5.95. The monoisotopic (exact) mass is 373 g/mol. The van der Waals surface area contributed by atoms with E-state index in [0.29, 0.717) is 0 Å². The predicted molar refractivity (Wildman–Crippen MR) is 99.6 cm³/mol. The van der Waals surface area contributed by atoms with Crippen molar-refractivity contribution in [2.24, 2.45) is 0 Å². The highest BCUT2D eigenvalue weighted by atomic mass is 19.2. The molecule has 2 aromatic carbocycles. The van der Waals surface area contributed by atoms with Crippen molar-refractivity contribution in [2.75, 3.05) is 23.3 Å². The molecule has 0 radical (unpaired) electrons. The molecule has 1 atom stereocenters. The van der Waals surface area contributed by atoms with Crippen molar-refractivity contribution in [3.05, 3.63) is 59.7 Å². The number of rotatable bonds is 5. The van der Waals surface area contributed by atoms with E-state index in [0.717, 1.165) is 30.7 Å². The molecule has 0 fully saturated rings. The van der Waals surface area contributed by atoms with Crippen LogP contribution in [-0.4, -0.2) is 30.9 Å². The van der Waals surface area contributed by atoms with Crippen LogP contribution >= 0.6 is 0 Å². The Morgan fingerprint density at radius 2 is 1.89 bits per heavy atom. The molecule has 0 spiro atoms. The summed E-state index contributed by atoms with van der Waals surface area (Å²) in [5.74, 6) is -2.83. The average molecular weight is 373 g/mol. The molecule has 2 aromatic rings. The van der Waals surface area contributed by atoms with Crippen molar-refractivity contribution in [2.45, 2.75) is 25.8 Å². The normalized spacial score (nSPS) is 15.8. The van der Waals surface area contributed by atoms with Crippen LogP contribution in [0.4, 0.5) is 20.2 Å². The summed E-state index contributed by atoms with van der Waals surface area (Å²) in [6.45, 7) is 1.97. The van der Waals surface area contributed by atoms with E-state index in [1.807, 2.05) is 23.1 Å². The molecule has 0 unspecified atom stereocenters. The molecule has 0 aliphatic carbocycles. The smallest absolute Gasteiger partial charge is 0.243 e. The lowest BCUT2D eigenvalue weighted by molar-refractivity contribution is -0.123. The Hall–Kier alpha value is -2.96. The van der Waals surface area contributed by atoms with Crippen LogP contribution in [0.2, 0.25) is 0 Å². The second-order valence-corrected chi connectivity index (χ2v) is 6.60. The first kappa shape index (κ1) is 18.8. The van der Waals surface area contributed by atoms with Crippen LogP contribution in [0.3, 0.4) is 0 Å². The summed E-state index contributed by atoms with van der Waals surface area (Å²) in [6.07, 6.45) is 1.94. The van der Waals surface area contributed by atoms with Crippen molar-refractivity contribution in [3.8, 4) is 0 Å². The van der Waals surface area contributed by atoms with Gasteiger partial charge in [-0.2, -0.15) is 0 Å². The predicted octanol–water partition coefficient (Wildman–Crippen LogP) is 2.86. The van der Waals surface area contributed by atoms with Crippen molar-refractivity contribution < 1.29 is 18.4 Å². The van der Waals surface area contributed by atoms with Crippen LogP contribution in [0, 0.1) is 11.6 Å². The van der Waals surface area contributed by atoms with Crippen molar-refractivity contribution in [1.29, 1.82) is 0 Å². The van der Waals surface area contributed by atoms with Crippen LogP contribution in [0.15, 0.2) is 42.5 Å². The number of fused-ring (bicyclic) bond motifs is 1. The summed E-state index contributed by atoms with van der Waals surface area (Å²) in [6, 6.07) is 11.3. The number of nitrogens with zero attached hydrogens (tertiary/aromatic N) is 1. The van der Waals surface area contributed by atoms with E-state index >= 15 is 0 Å². The number of amides is 2. The Kier molecular flexibility index (Phi) is 5.69. The third-order valence-electron chi connectivity index (χ3n) is 4.63. The zero-order valence-electron chi connectivity index (χ0n) is 15.0. The topological polar surface area (TPSA) is 61.4 Å². The molecule has 2 amide bonds. The Labute approximate surface area is 156 Å². The lowest BCUT2D eigenvalue weighted by atomic mass is 9.97. The Bertz CT molecular complexity index is 857. The molecule has 0 saturated carbocycles. The van der Waals surface area contributed by atoms with E-state index in [1.54, 1.807) is 0 Å². The van der Waals surface area contributed by atoms with Crippen LogP contribution in [0.1, 0.15) is 18.9 Å². The van der Waals surface area contributed by atoms with Gasteiger partial charge in [-0.15, -0.1) is 0 Å². The lowest BCUT2D eigenvalue weighted by Gasteiger charge is -2.36. The van der Waals surface area contributed by atoms with Crippen molar-refractivity contribution in [3.63, 3.8) is 0 Å². The van der Waals surface area contributed by atoms with Crippen molar-refractivity contribution >= 4 is 23.2 Å². The van der Waals surface area contributed by atoms with Gasteiger partial charge in [-0.25, -0.2) is 8.78 Å². The summed E-state index contributed by atoms with van der Waals surface area (Å²) in [4.78, 5) is 26.2. The zero-order chi connectivity index (χ0) is 19.4. The Morgan fingerprint density at radius 3 is 2.67 bits per heavy atom. The minimum Gasteiger partial charge on any atom is -0.359 e. The highest BCUT2D eigenvalue weighted by Gasteiger charge is 2.24. The number of benzene rings is 2. The number of hydrogen-bond acceptors (Lipinski definition) is 3. The summed E-state index contributed by atoms with van der Waals surface area (Å²) in [5.41, 5.74) is 2.38. The van der Waals surface area contributed by atoms with E-state index in [1.165, 1.54) is 11.6 Å². The van der Waals surface area contributed by atoms with Gasteiger partial charge in [0.15, 0.2) is 11.6 Å². The third-order valence-corrected chi connectivity index (χ3v) is 4.63. The SMILES string of the molecule is C[C@H]1CCc2ccccc2N1CC(=O)NCC(=O)Nc1ccc(F)c(F)c1. The lowest BCUT2D eigenvalue weighted by Crippen LogP contribution is -2.45. The summed E-state index contributed by atoms with van der Waals surface area (Å²) < 4.78 is 26.1. The number of hydrogen-bond donors (Lipinski definition) is 2. The zero-order valence-corrected chi connectivity index (χ0v) is 15.0. The molecule has 1 heterocycles. The van der Waals surface area contributed by atoms with Gasteiger partial charge >= 0.3 is 0 Å². The van der Waals surface area contributed by atoms with E-state index in [9.17, 15) is 18.4 Å². The molecule has 1 aliphatic rings. The van der Waals surface area contributed by atoms with Gasteiger partial charge in [0.2, 0.25) is 11.8 Å². The third kappa shape index (κ3) is 4.61. The molecule has 3 rings (SSSR count). The number of anilines is 2. The maximum absolute atomic E-state index is 13.2. The second kappa shape index (κ2) is 8.16. The molecule has 5 nitrogen and oxygen atoms in total. The molecular formula is C20H21F2N3O2. The molecule has 2 N–H and O–H groups in total. The van der Waals surface area contributed by atoms with Crippen LogP contribution in [0.25, 0.3) is 0 Å². The molecule has 0 aromatic heterocycles. The van der Waals surface area contributed by atoms with Crippen LogP contribution in [0.5, 0.6) is 0 Å². The molecule has 7 heteroatoms. The fourth-order valence-electron chi connectivity index (χ4n) is 3.17. The number of para-hydroxylation sites is 1. The molecule has 0 bridgehead atoms. The van der Waals surface area contributed by atoms with Gasteiger partial charge in [0.25, 0.3) is 0 Å². The fourth-order valence-corrected chi connectivity index (χ4v) is 3.17. The first-order valence-electron chi connectivity index (χ1n) is 8.80. The summed E-state index contributed by atoms with van der Waals surface area (Å²) >= 11 is 0. The van der Waals surface area contributed by atoms with Gasteiger partial charge in [-0.1, -0.05) is 18.2 Å². The number of nitrogens with one attached hydrogen (secondary N) is 2. The Morgan fingerprint density at radius 1 is 1.11 bits per heavy atom. The number of halogens is 2. The fraction of sp³-hybridized carbons (Fsp3) is 0.300. The van der Waals surface area contributed by atoms with E-state index < -0.39 is 17.5 Å². The van der Waals surface area contributed by atoms with Gasteiger partial charge in [0.05, 0.1) is 13.1 Å². The number of carbonyl (C=O) groups excluding carboxylic acids is 2. The molecular weight excluding hydrogens is 352 g/mol. The maximum atomic E-state index is 13.2. The van der Waals surface area contributed by atoms with Crippen LogP contribution < -0.4 is 15.5 Å². The second-order valence-electron chi connectivity index (χ2n) is 6.60. The molecule has 0 saturated heterocycles. The highest BCUT2D eigenvalue weighted by Crippen LogP contribution is 2.29. The van der Waals surface area contributed by atoms with E-state index in [-0.39, 0.29) is 30.7 Å². The number of aryl methyl sites for hydroxylation is 1. The minimum atomic E-state index is -1.05. The van der Waals surface area contributed by atoms with Gasteiger partial charge in [0.1, 0.15) is 0 Å². The average Bonchev–Trinajstić information content (AvgIpc) is 2.65. The first-order chi connectivity index (χ1) is 12.9. The summed E-state index contributed by atoms with van der Waals surface area (Å²) in [7, 11) is 0. The van der Waals surface area contributed by atoms with Crippen molar-refractivity contribution in [1.82, 2.24) is 5.32 Å². The van der Waals surface area contributed by atoms with E-state index in [4.69, 9.17) is 0 Å². The first-order valence-corrected chi connectivity index (χ1v) is 8.80.